The number of ether oxygens (including phenoxy) is 2. The molecule has 92 valence electrons. The predicted molar refractivity (Wildman–Crippen MR) is 60.0 cm³/mol. The van der Waals surface area contributed by atoms with Gasteiger partial charge in [-0.15, -0.1) is 12.3 Å². The predicted octanol–water partition coefficient (Wildman–Crippen LogP) is 1.08. The zero-order valence-corrected chi connectivity index (χ0v) is 10.1. The maximum absolute atomic E-state index is 11.4. The molecule has 0 aromatic heterocycles. The largest absolute Gasteiger partial charge is 0.455 e. The highest BCUT2D eigenvalue weighted by Crippen LogP contribution is 2.52. The first-order chi connectivity index (χ1) is 7.96. The third-order valence-corrected chi connectivity index (χ3v) is 3.79. The van der Waals surface area contributed by atoms with Crippen molar-refractivity contribution in [3.8, 4) is 12.3 Å². The lowest BCUT2D eigenvalue weighted by Gasteiger charge is -2.33. The Labute approximate surface area is 101 Å². The van der Waals surface area contributed by atoms with Crippen molar-refractivity contribution in [3.05, 3.63) is 0 Å². The van der Waals surface area contributed by atoms with Gasteiger partial charge in [0.25, 0.3) is 0 Å². The van der Waals surface area contributed by atoms with E-state index in [1.807, 2.05) is 13.8 Å². The maximum atomic E-state index is 11.4. The highest BCUT2D eigenvalue weighted by molar-refractivity contribution is 5.74. The van der Waals surface area contributed by atoms with E-state index in [0.29, 0.717) is 12.8 Å². The van der Waals surface area contributed by atoms with Crippen LogP contribution in [-0.4, -0.2) is 29.6 Å². The summed E-state index contributed by atoms with van der Waals surface area (Å²) in [4.78, 5) is 22.3. The fourth-order valence-electron chi connectivity index (χ4n) is 3.13. The first-order valence-corrected chi connectivity index (χ1v) is 5.73. The highest BCUT2D eigenvalue weighted by atomic mass is 16.6. The third kappa shape index (κ3) is 1.66. The maximum Gasteiger partial charge on any atom is 0.309 e. The van der Waals surface area contributed by atoms with E-state index in [0.717, 1.165) is 6.29 Å². The molecule has 0 aromatic carbocycles. The minimum atomic E-state index is -0.809. The van der Waals surface area contributed by atoms with Crippen LogP contribution in [0, 0.1) is 18.3 Å². The van der Waals surface area contributed by atoms with Crippen LogP contribution in [0.3, 0.4) is 0 Å². The second-order valence-corrected chi connectivity index (χ2v) is 5.18. The molecule has 17 heavy (non-hydrogen) atoms. The quantitative estimate of drug-likeness (QED) is 0.418. The summed E-state index contributed by atoms with van der Waals surface area (Å²) in [5.74, 6) is 2.07. The number of terminal acetylenes is 1. The molecule has 2 rings (SSSR count). The van der Waals surface area contributed by atoms with E-state index in [4.69, 9.17) is 15.9 Å². The minimum Gasteiger partial charge on any atom is -0.455 e. The Morgan fingerprint density at radius 3 is 2.88 bits per heavy atom. The Morgan fingerprint density at radius 1 is 1.59 bits per heavy atom. The monoisotopic (exact) mass is 236 g/mol. The Kier molecular flexibility index (Phi) is 2.75. The molecule has 2 saturated heterocycles. The zero-order valence-electron chi connectivity index (χ0n) is 10.1. The van der Waals surface area contributed by atoms with E-state index in [2.05, 4.69) is 5.92 Å². The first-order valence-electron chi connectivity index (χ1n) is 5.73. The first kappa shape index (κ1) is 12.1. The molecule has 2 heterocycles. The summed E-state index contributed by atoms with van der Waals surface area (Å²) in [5, 5.41) is 0. The van der Waals surface area contributed by atoms with Crippen LogP contribution in [0.15, 0.2) is 0 Å². The summed E-state index contributed by atoms with van der Waals surface area (Å²) in [7, 11) is 0. The lowest BCUT2D eigenvalue weighted by Crippen LogP contribution is -2.45. The summed E-state index contributed by atoms with van der Waals surface area (Å²) in [6.45, 7) is 3.82. The van der Waals surface area contributed by atoms with Crippen LogP contribution in [0.2, 0.25) is 0 Å². The van der Waals surface area contributed by atoms with Gasteiger partial charge in [-0.3, -0.25) is 4.79 Å². The molecule has 2 fully saturated rings. The van der Waals surface area contributed by atoms with Crippen LogP contribution in [0.1, 0.15) is 33.1 Å². The van der Waals surface area contributed by atoms with Gasteiger partial charge in [0.2, 0.25) is 0 Å². The summed E-state index contributed by atoms with van der Waals surface area (Å²) < 4.78 is 11.3. The number of carbonyl (C=O) groups excluding carboxylic acids is 2. The van der Waals surface area contributed by atoms with E-state index >= 15 is 0 Å². The molecule has 0 unspecified atom stereocenters. The van der Waals surface area contributed by atoms with Crippen LogP contribution in [0.4, 0.5) is 0 Å². The van der Waals surface area contributed by atoms with Crippen molar-refractivity contribution in [2.45, 2.75) is 50.4 Å². The summed E-state index contributed by atoms with van der Waals surface area (Å²) >= 11 is 0. The number of hydrogen-bond donors (Lipinski definition) is 0. The summed E-state index contributed by atoms with van der Waals surface area (Å²) in [6.07, 6.45) is 6.68. The number of carbonyl (C=O) groups is 2. The average Bonchev–Trinajstić information content (AvgIpc) is 2.59. The van der Waals surface area contributed by atoms with Crippen molar-refractivity contribution in [1.29, 1.82) is 0 Å². The number of fused-ring (bicyclic) bond motifs is 1. The number of aldehydes is 1. The Balaban J connectivity index is 2.40. The topological polar surface area (TPSA) is 52.6 Å². The van der Waals surface area contributed by atoms with Crippen molar-refractivity contribution < 1.29 is 19.1 Å². The molecule has 0 saturated carbocycles. The molecular weight excluding hydrogens is 220 g/mol. The van der Waals surface area contributed by atoms with Gasteiger partial charge in [0.1, 0.15) is 12.4 Å². The van der Waals surface area contributed by atoms with Gasteiger partial charge in [0, 0.05) is 12.3 Å². The van der Waals surface area contributed by atoms with Gasteiger partial charge in [-0.05, 0) is 13.8 Å². The molecule has 4 nitrogen and oxygen atoms in total. The molecule has 2 aliphatic heterocycles. The fourth-order valence-corrected chi connectivity index (χ4v) is 3.13. The van der Waals surface area contributed by atoms with Crippen LogP contribution in [0.5, 0.6) is 0 Å². The minimum absolute atomic E-state index is 0.181. The van der Waals surface area contributed by atoms with Crippen molar-refractivity contribution in [1.82, 2.24) is 0 Å². The van der Waals surface area contributed by atoms with Gasteiger partial charge < -0.3 is 14.3 Å². The van der Waals surface area contributed by atoms with Gasteiger partial charge in [0.15, 0.2) is 5.60 Å². The molecule has 0 aromatic rings. The smallest absolute Gasteiger partial charge is 0.309 e. The second kappa shape index (κ2) is 3.85. The standard InChI is InChI=1S/C13H16O4/c1-4-6-13-9(5-7-14)12(2,3)16-10(13)8-11(15)17-13/h1,7,9-10H,5-6,8H2,2-3H3/t9-,10+,13+/m0/s1. The van der Waals surface area contributed by atoms with Crippen molar-refractivity contribution >= 4 is 12.3 Å². The molecular formula is C13H16O4. The lowest BCUT2D eigenvalue weighted by atomic mass is 9.74. The van der Waals surface area contributed by atoms with E-state index < -0.39 is 11.2 Å². The van der Waals surface area contributed by atoms with E-state index in [1.165, 1.54) is 0 Å². The third-order valence-electron chi connectivity index (χ3n) is 3.79. The number of rotatable bonds is 3. The Bertz CT molecular complexity index is 393. The van der Waals surface area contributed by atoms with Gasteiger partial charge in [-0.1, -0.05) is 0 Å². The van der Waals surface area contributed by atoms with Crippen LogP contribution >= 0.6 is 0 Å². The average molecular weight is 236 g/mol. The molecule has 3 atom stereocenters. The molecule has 0 radical (unpaired) electrons. The van der Waals surface area contributed by atoms with Crippen LogP contribution < -0.4 is 0 Å². The number of hydrogen-bond acceptors (Lipinski definition) is 4. The normalized spacial score (nSPS) is 38.3. The Morgan fingerprint density at radius 2 is 2.29 bits per heavy atom. The zero-order chi connectivity index (χ0) is 12.7. The molecule has 0 amide bonds. The highest BCUT2D eigenvalue weighted by Gasteiger charge is 2.65. The van der Waals surface area contributed by atoms with E-state index in [9.17, 15) is 9.59 Å². The number of esters is 1. The fraction of sp³-hybridized carbons (Fsp3) is 0.692. The van der Waals surface area contributed by atoms with E-state index in [1.54, 1.807) is 0 Å². The molecule has 0 spiro atoms. The van der Waals surface area contributed by atoms with Crippen molar-refractivity contribution in [3.63, 3.8) is 0 Å². The molecule has 4 heteroatoms. The van der Waals surface area contributed by atoms with Gasteiger partial charge >= 0.3 is 5.97 Å². The summed E-state index contributed by atoms with van der Waals surface area (Å²) in [6, 6.07) is 0. The van der Waals surface area contributed by atoms with E-state index in [-0.39, 0.29) is 24.4 Å². The van der Waals surface area contributed by atoms with Gasteiger partial charge in [-0.25, -0.2) is 0 Å². The van der Waals surface area contributed by atoms with Gasteiger partial charge in [0.05, 0.1) is 18.4 Å². The molecule has 0 N–H and O–H groups in total. The van der Waals surface area contributed by atoms with Crippen LogP contribution in [-0.2, 0) is 19.1 Å². The second-order valence-electron chi connectivity index (χ2n) is 5.18. The molecule has 0 bridgehead atoms. The summed E-state index contributed by atoms with van der Waals surface area (Å²) in [5.41, 5.74) is -1.31. The van der Waals surface area contributed by atoms with Gasteiger partial charge in [-0.2, -0.15) is 0 Å². The molecule has 2 aliphatic rings. The lowest BCUT2D eigenvalue weighted by molar-refractivity contribution is -0.153. The SMILES string of the molecule is C#CC[C@]12OC(=O)C[C@H]1OC(C)(C)[C@@H]2CC=O. The molecule has 0 aliphatic carbocycles. The van der Waals surface area contributed by atoms with Crippen molar-refractivity contribution in [2.24, 2.45) is 5.92 Å². The van der Waals surface area contributed by atoms with Crippen molar-refractivity contribution in [2.75, 3.05) is 0 Å². The van der Waals surface area contributed by atoms with Crippen LogP contribution in [0.25, 0.3) is 0 Å². The Hall–Kier alpha value is -1.34.